The third kappa shape index (κ3) is 6.32. The number of fused-ring (bicyclic) bond motifs is 2. The zero-order chi connectivity index (χ0) is 24.8. The maximum atomic E-state index is 12.1. The Kier molecular flexibility index (Phi) is 7.93. The summed E-state index contributed by atoms with van der Waals surface area (Å²) in [7, 11) is 0. The van der Waals surface area contributed by atoms with Crippen molar-refractivity contribution in [2.75, 3.05) is 13.1 Å². The van der Waals surface area contributed by atoms with Crippen LogP contribution in [0.5, 0.6) is 0 Å². The third-order valence-corrected chi connectivity index (χ3v) is 7.58. The molecule has 3 heterocycles. The number of pyridine rings is 2. The molecule has 1 aliphatic carbocycles. The van der Waals surface area contributed by atoms with E-state index < -0.39 is 0 Å². The molecule has 1 atom stereocenters. The van der Waals surface area contributed by atoms with E-state index in [0.717, 1.165) is 27.9 Å². The first-order chi connectivity index (χ1) is 16.8. The van der Waals surface area contributed by atoms with E-state index >= 15 is 0 Å². The Morgan fingerprint density at radius 1 is 1.09 bits per heavy atom. The first-order valence-electron chi connectivity index (χ1n) is 12.2. The van der Waals surface area contributed by atoms with Crippen molar-refractivity contribution < 1.29 is 4.79 Å². The van der Waals surface area contributed by atoms with Crippen LogP contribution in [0.3, 0.4) is 0 Å². The quantitative estimate of drug-likeness (QED) is 0.377. The van der Waals surface area contributed by atoms with Gasteiger partial charge in [0.15, 0.2) is 0 Å². The molecule has 5 rings (SSSR count). The van der Waals surface area contributed by atoms with Crippen molar-refractivity contribution in [3.63, 3.8) is 0 Å². The molecule has 0 fully saturated rings. The molecule has 1 aliphatic rings. The number of nitrogens with zero attached hydrogens (tertiary/aromatic N) is 2. The minimum Gasteiger partial charge on any atom is -0.350 e. The Morgan fingerprint density at radius 2 is 1.80 bits per heavy atom. The number of benzene rings is 1. The van der Waals surface area contributed by atoms with Gasteiger partial charge in [0.1, 0.15) is 4.83 Å². The minimum atomic E-state index is -0.0519. The highest BCUT2D eigenvalue weighted by molar-refractivity contribution is 7.20. The number of amides is 1. The van der Waals surface area contributed by atoms with Crippen LogP contribution in [0, 0.1) is 11.3 Å². The summed E-state index contributed by atoms with van der Waals surface area (Å²) in [6.07, 6.45) is 6.95. The van der Waals surface area contributed by atoms with Gasteiger partial charge >= 0.3 is 0 Å². The molecule has 0 saturated heterocycles. The minimum absolute atomic E-state index is 0.0519. The van der Waals surface area contributed by atoms with Gasteiger partial charge in [0.25, 0.3) is 5.91 Å². The average molecular weight is 487 g/mol. The Hall–Kier alpha value is -3.09. The lowest BCUT2D eigenvalue weighted by Crippen LogP contribution is -2.28. The summed E-state index contributed by atoms with van der Waals surface area (Å²) in [4.78, 5) is 22.6. The maximum absolute atomic E-state index is 12.1. The van der Waals surface area contributed by atoms with E-state index in [1.807, 2.05) is 48.8 Å². The standard InChI is InChI=1S/C18H25N3OS.C11H9N/c1-18(2,3)13-4-5-14-11(9-13)8-12-10-15(23-17(12)21-14)16(22)20-7-6-19;1-2-4-10(5-3-1)11-6-8-12-9-7-11/h8,10,13H,4-7,9,19H2,1-3H3,(H,20,22);1-9H. The first kappa shape index (κ1) is 25.0. The van der Waals surface area contributed by atoms with E-state index in [1.54, 1.807) is 0 Å². The molecule has 0 radical (unpaired) electrons. The zero-order valence-electron chi connectivity index (χ0n) is 20.8. The summed E-state index contributed by atoms with van der Waals surface area (Å²) >= 11 is 1.47. The van der Waals surface area contributed by atoms with Crippen LogP contribution in [0.1, 0.15) is 48.1 Å². The van der Waals surface area contributed by atoms with Gasteiger partial charge in [-0.1, -0.05) is 51.1 Å². The van der Waals surface area contributed by atoms with Gasteiger partial charge < -0.3 is 11.1 Å². The van der Waals surface area contributed by atoms with Gasteiger partial charge in [-0.3, -0.25) is 9.78 Å². The number of nitrogens with two attached hydrogens (primary N) is 1. The Morgan fingerprint density at radius 3 is 2.49 bits per heavy atom. The molecule has 3 aromatic heterocycles. The molecule has 1 unspecified atom stereocenters. The lowest BCUT2D eigenvalue weighted by molar-refractivity contribution is 0.0959. The highest BCUT2D eigenvalue weighted by Crippen LogP contribution is 2.38. The third-order valence-electron chi connectivity index (χ3n) is 6.54. The van der Waals surface area contributed by atoms with E-state index in [0.29, 0.717) is 24.4 Å². The maximum Gasteiger partial charge on any atom is 0.261 e. The topological polar surface area (TPSA) is 80.9 Å². The summed E-state index contributed by atoms with van der Waals surface area (Å²) in [5.41, 5.74) is 10.8. The van der Waals surface area contributed by atoms with E-state index in [2.05, 4.69) is 49.3 Å². The van der Waals surface area contributed by atoms with Gasteiger partial charge in [-0.2, -0.15) is 0 Å². The number of carbonyl (C=O) groups excluding carboxylic acids is 1. The van der Waals surface area contributed by atoms with E-state index in [9.17, 15) is 4.79 Å². The molecule has 0 aliphatic heterocycles. The molecule has 0 saturated carbocycles. The number of aryl methyl sites for hydroxylation is 1. The number of aromatic nitrogens is 2. The molecule has 0 spiro atoms. The summed E-state index contributed by atoms with van der Waals surface area (Å²) in [5.74, 6) is 0.643. The number of thiophene rings is 1. The van der Waals surface area contributed by atoms with Gasteiger partial charge in [-0.15, -0.1) is 11.3 Å². The van der Waals surface area contributed by atoms with Crippen molar-refractivity contribution in [3.05, 3.63) is 83.1 Å². The van der Waals surface area contributed by atoms with Crippen molar-refractivity contribution in [2.24, 2.45) is 17.1 Å². The Labute approximate surface area is 211 Å². The summed E-state index contributed by atoms with van der Waals surface area (Å²) in [5, 5.41) is 3.91. The fourth-order valence-electron chi connectivity index (χ4n) is 4.42. The van der Waals surface area contributed by atoms with Gasteiger partial charge in [0.05, 0.1) is 4.88 Å². The van der Waals surface area contributed by atoms with E-state index in [1.165, 1.54) is 40.1 Å². The summed E-state index contributed by atoms with van der Waals surface area (Å²) < 4.78 is 0. The average Bonchev–Trinajstić information content (AvgIpc) is 3.29. The number of nitrogens with one attached hydrogen (secondary N) is 1. The summed E-state index contributed by atoms with van der Waals surface area (Å²) in [6.45, 7) is 7.92. The molecule has 3 N–H and O–H groups in total. The highest BCUT2D eigenvalue weighted by atomic mass is 32.1. The number of rotatable bonds is 4. The van der Waals surface area contributed by atoms with Crippen molar-refractivity contribution in [1.29, 1.82) is 0 Å². The van der Waals surface area contributed by atoms with Crippen LogP contribution in [0.2, 0.25) is 0 Å². The molecule has 0 bridgehead atoms. The number of hydrogen-bond donors (Lipinski definition) is 2. The molecular weight excluding hydrogens is 452 g/mol. The first-order valence-corrected chi connectivity index (χ1v) is 13.0. The van der Waals surface area contributed by atoms with Crippen LogP contribution >= 0.6 is 11.3 Å². The molecule has 6 heteroatoms. The lowest BCUT2D eigenvalue weighted by Gasteiger charge is -2.34. The van der Waals surface area contributed by atoms with Crippen molar-refractivity contribution in [3.8, 4) is 11.1 Å². The van der Waals surface area contributed by atoms with Crippen LogP contribution in [0.4, 0.5) is 0 Å². The number of carbonyl (C=O) groups is 1. The van der Waals surface area contributed by atoms with Crippen molar-refractivity contribution in [2.45, 2.75) is 40.0 Å². The van der Waals surface area contributed by atoms with Crippen LogP contribution in [0.25, 0.3) is 21.3 Å². The smallest absolute Gasteiger partial charge is 0.261 e. The fraction of sp³-hybridized carbons (Fsp3) is 0.345. The number of hydrogen-bond acceptors (Lipinski definition) is 5. The van der Waals surface area contributed by atoms with Crippen LogP contribution in [-0.2, 0) is 12.8 Å². The van der Waals surface area contributed by atoms with Crippen molar-refractivity contribution in [1.82, 2.24) is 15.3 Å². The largest absolute Gasteiger partial charge is 0.350 e. The zero-order valence-corrected chi connectivity index (χ0v) is 21.6. The Balaban J connectivity index is 0.000000201. The van der Waals surface area contributed by atoms with Gasteiger partial charge in [0.2, 0.25) is 0 Å². The second kappa shape index (κ2) is 11.1. The second-order valence-corrected chi connectivity index (χ2v) is 11.1. The monoisotopic (exact) mass is 486 g/mol. The molecule has 5 nitrogen and oxygen atoms in total. The fourth-order valence-corrected chi connectivity index (χ4v) is 5.37. The lowest BCUT2D eigenvalue weighted by atomic mass is 9.71. The molecule has 1 amide bonds. The molecule has 4 aromatic rings. The second-order valence-electron chi connectivity index (χ2n) is 10.1. The van der Waals surface area contributed by atoms with Crippen LogP contribution in [0.15, 0.2) is 67.0 Å². The SMILES string of the molecule is CC(C)(C)C1CCc2nc3sc(C(=O)NCCN)cc3cc2C1.c1ccc(-c2ccncc2)cc1. The van der Waals surface area contributed by atoms with Gasteiger partial charge in [0, 0.05) is 36.6 Å². The predicted octanol–water partition coefficient (Wildman–Crippen LogP) is 5.88. The van der Waals surface area contributed by atoms with Crippen LogP contribution < -0.4 is 11.1 Å². The van der Waals surface area contributed by atoms with Gasteiger partial charge in [-0.25, -0.2) is 4.98 Å². The van der Waals surface area contributed by atoms with E-state index in [4.69, 9.17) is 10.7 Å². The molecule has 1 aromatic carbocycles. The Bertz CT molecular complexity index is 1230. The van der Waals surface area contributed by atoms with Crippen molar-refractivity contribution >= 4 is 27.5 Å². The normalized spacial score (nSPS) is 15.1. The molecular formula is C29H34N4OS. The van der Waals surface area contributed by atoms with Crippen LogP contribution in [-0.4, -0.2) is 29.0 Å². The summed E-state index contributed by atoms with van der Waals surface area (Å²) in [6, 6.07) is 18.5. The van der Waals surface area contributed by atoms with E-state index in [-0.39, 0.29) is 5.91 Å². The molecule has 35 heavy (non-hydrogen) atoms. The van der Waals surface area contributed by atoms with Gasteiger partial charge in [-0.05, 0) is 71.6 Å². The predicted molar refractivity (Wildman–Crippen MR) is 146 cm³/mol. The molecule has 182 valence electrons. The highest BCUT2D eigenvalue weighted by Gasteiger charge is 2.29.